The topological polar surface area (TPSA) is 84.9 Å². The van der Waals surface area contributed by atoms with Crippen LogP contribution in [0.5, 0.6) is 11.5 Å². The number of ether oxygens (including phenoxy) is 2. The summed E-state index contributed by atoms with van der Waals surface area (Å²) in [7, 11) is -2.27. The quantitative estimate of drug-likeness (QED) is 0.687. The van der Waals surface area contributed by atoms with E-state index >= 15 is 0 Å². The van der Waals surface area contributed by atoms with E-state index < -0.39 is 21.7 Å². The first kappa shape index (κ1) is 21.6. The predicted molar refractivity (Wildman–Crippen MR) is 104 cm³/mol. The molecule has 0 unspecified atom stereocenters. The number of hydrogen-bond acceptors (Lipinski definition) is 5. The van der Waals surface area contributed by atoms with Crippen molar-refractivity contribution in [1.29, 1.82) is 0 Å². The number of carbonyl (C=O) groups is 1. The van der Waals surface area contributed by atoms with Gasteiger partial charge in [0.25, 0.3) is 5.91 Å². The molecule has 0 aliphatic rings. The summed E-state index contributed by atoms with van der Waals surface area (Å²) in [5.74, 6) is -0.275. The van der Waals surface area contributed by atoms with Gasteiger partial charge in [-0.25, -0.2) is 12.8 Å². The summed E-state index contributed by atoms with van der Waals surface area (Å²) >= 11 is 0. The summed E-state index contributed by atoms with van der Waals surface area (Å²) in [6.45, 7) is 3.83. The highest BCUT2D eigenvalue weighted by atomic mass is 32.2. The summed E-state index contributed by atoms with van der Waals surface area (Å²) < 4.78 is 50.1. The van der Waals surface area contributed by atoms with Gasteiger partial charge < -0.3 is 14.8 Å². The predicted octanol–water partition coefficient (Wildman–Crippen LogP) is 2.88. The number of halogens is 1. The smallest absolute Gasteiger partial charge is 0.262 e. The summed E-state index contributed by atoms with van der Waals surface area (Å²) in [6, 6.07) is 9.50. The molecule has 0 aromatic heterocycles. The highest BCUT2D eigenvalue weighted by Gasteiger charge is 2.23. The Morgan fingerprint density at radius 1 is 1.11 bits per heavy atom. The second-order valence-corrected chi connectivity index (χ2v) is 7.68. The van der Waals surface area contributed by atoms with Crippen molar-refractivity contribution in [2.45, 2.75) is 18.7 Å². The number of nitrogens with zero attached hydrogens (tertiary/aromatic N) is 1. The van der Waals surface area contributed by atoms with E-state index in [9.17, 15) is 17.6 Å². The molecule has 9 heteroatoms. The van der Waals surface area contributed by atoms with Gasteiger partial charge in [0.05, 0.1) is 17.7 Å². The molecule has 2 aromatic carbocycles. The minimum absolute atomic E-state index is 0.0479. The Balaban J connectivity index is 2.17. The maximum Gasteiger partial charge on any atom is 0.262 e. The zero-order valence-electron chi connectivity index (χ0n) is 15.9. The molecule has 1 N–H and O–H groups in total. The molecule has 0 saturated carbocycles. The van der Waals surface area contributed by atoms with E-state index in [1.807, 2.05) is 0 Å². The number of hydrogen-bond donors (Lipinski definition) is 1. The van der Waals surface area contributed by atoms with Crippen LogP contribution in [0.2, 0.25) is 0 Å². The van der Waals surface area contributed by atoms with E-state index in [0.29, 0.717) is 24.6 Å². The normalized spacial score (nSPS) is 11.3. The average molecular weight is 410 g/mol. The first-order valence-corrected chi connectivity index (χ1v) is 10.1. The molecule has 0 saturated heterocycles. The van der Waals surface area contributed by atoms with Gasteiger partial charge in [-0.3, -0.25) is 4.79 Å². The monoisotopic (exact) mass is 410 g/mol. The molecule has 2 rings (SSSR count). The lowest BCUT2D eigenvalue weighted by Gasteiger charge is -2.19. The van der Waals surface area contributed by atoms with Crippen LogP contribution in [0.1, 0.15) is 13.8 Å². The van der Waals surface area contributed by atoms with Gasteiger partial charge in [-0.1, -0.05) is 13.8 Å². The van der Waals surface area contributed by atoms with Crippen molar-refractivity contribution < 1.29 is 27.1 Å². The number of amides is 1. The standard InChI is InChI=1S/C19H23FN2O5S/c1-4-22(5-2)28(24,25)16-10-11-18(26-3)17(12-16)21-19(23)13-27-15-8-6-14(20)7-9-15/h6-12H,4-5,13H2,1-3H3,(H,21,23). The van der Waals surface area contributed by atoms with Crippen LogP contribution in [0.25, 0.3) is 0 Å². The minimum Gasteiger partial charge on any atom is -0.495 e. The SMILES string of the molecule is CCN(CC)S(=O)(=O)c1ccc(OC)c(NC(=O)COc2ccc(F)cc2)c1. The van der Waals surface area contributed by atoms with Gasteiger partial charge in [-0.2, -0.15) is 4.31 Å². The second kappa shape index (κ2) is 9.52. The number of carbonyl (C=O) groups excluding carboxylic acids is 1. The fourth-order valence-corrected chi connectivity index (χ4v) is 4.01. The molecule has 7 nitrogen and oxygen atoms in total. The van der Waals surface area contributed by atoms with Crippen molar-refractivity contribution >= 4 is 21.6 Å². The van der Waals surface area contributed by atoms with Gasteiger partial charge in [-0.05, 0) is 42.5 Å². The summed E-state index contributed by atoms with van der Waals surface area (Å²) in [4.78, 5) is 12.3. The van der Waals surface area contributed by atoms with Crippen molar-refractivity contribution in [3.05, 3.63) is 48.3 Å². The van der Waals surface area contributed by atoms with Crippen LogP contribution in [0.4, 0.5) is 10.1 Å². The molecule has 0 radical (unpaired) electrons. The van der Waals surface area contributed by atoms with Gasteiger partial charge in [-0.15, -0.1) is 0 Å². The third-order valence-corrected chi connectivity index (χ3v) is 6.02. The fraction of sp³-hybridized carbons (Fsp3) is 0.316. The number of methoxy groups -OCH3 is 1. The van der Waals surface area contributed by atoms with Crippen molar-refractivity contribution in [3.63, 3.8) is 0 Å². The Morgan fingerprint density at radius 3 is 2.32 bits per heavy atom. The Kier molecular flexibility index (Phi) is 7.36. The van der Waals surface area contributed by atoms with Gasteiger partial charge in [0.1, 0.15) is 17.3 Å². The molecular weight excluding hydrogens is 387 g/mol. The third-order valence-electron chi connectivity index (χ3n) is 3.97. The molecule has 0 atom stereocenters. The van der Waals surface area contributed by atoms with E-state index in [1.165, 1.54) is 53.9 Å². The van der Waals surface area contributed by atoms with Crippen molar-refractivity contribution in [2.24, 2.45) is 0 Å². The van der Waals surface area contributed by atoms with Crippen LogP contribution < -0.4 is 14.8 Å². The van der Waals surface area contributed by atoms with Crippen molar-refractivity contribution in [3.8, 4) is 11.5 Å². The third kappa shape index (κ3) is 5.20. The maximum absolute atomic E-state index is 12.9. The highest BCUT2D eigenvalue weighted by Crippen LogP contribution is 2.29. The average Bonchev–Trinajstić information content (AvgIpc) is 2.68. The zero-order valence-corrected chi connectivity index (χ0v) is 16.8. The number of nitrogens with one attached hydrogen (secondary N) is 1. The van der Waals surface area contributed by atoms with Gasteiger partial charge in [0.2, 0.25) is 10.0 Å². The molecule has 0 fully saturated rings. The lowest BCUT2D eigenvalue weighted by Crippen LogP contribution is -2.30. The molecular formula is C19H23FN2O5S. The molecule has 0 spiro atoms. The van der Waals surface area contributed by atoms with E-state index in [2.05, 4.69) is 5.32 Å². The number of rotatable bonds is 9. The molecule has 0 aliphatic heterocycles. The molecule has 0 aliphatic carbocycles. The molecule has 28 heavy (non-hydrogen) atoms. The molecule has 2 aromatic rings. The first-order valence-electron chi connectivity index (χ1n) is 8.68. The summed E-state index contributed by atoms with van der Waals surface area (Å²) in [6.07, 6.45) is 0. The lowest BCUT2D eigenvalue weighted by molar-refractivity contribution is -0.118. The second-order valence-electron chi connectivity index (χ2n) is 5.74. The van der Waals surface area contributed by atoms with E-state index in [-0.39, 0.29) is 17.2 Å². The molecule has 1 amide bonds. The Labute approximate surface area is 164 Å². The highest BCUT2D eigenvalue weighted by molar-refractivity contribution is 7.89. The van der Waals surface area contributed by atoms with E-state index in [1.54, 1.807) is 13.8 Å². The largest absolute Gasteiger partial charge is 0.495 e. The Hall–Kier alpha value is -2.65. The van der Waals surface area contributed by atoms with Crippen LogP contribution >= 0.6 is 0 Å². The molecule has 152 valence electrons. The van der Waals surface area contributed by atoms with Crippen LogP contribution in [0, 0.1) is 5.82 Å². The fourth-order valence-electron chi connectivity index (χ4n) is 2.52. The molecule has 0 heterocycles. The summed E-state index contributed by atoms with van der Waals surface area (Å²) in [5.41, 5.74) is 0.212. The Bertz CT molecular complexity index is 912. The van der Waals surface area contributed by atoms with Gasteiger partial charge in [0, 0.05) is 13.1 Å². The maximum atomic E-state index is 12.9. The molecule has 0 bridgehead atoms. The summed E-state index contributed by atoms with van der Waals surface area (Å²) in [5, 5.41) is 2.58. The Morgan fingerprint density at radius 2 is 1.75 bits per heavy atom. The number of sulfonamides is 1. The van der Waals surface area contributed by atoms with Gasteiger partial charge >= 0.3 is 0 Å². The number of anilines is 1. The number of benzene rings is 2. The first-order chi connectivity index (χ1) is 13.3. The van der Waals surface area contributed by atoms with Crippen LogP contribution in [-0.2, 0) is 14.8 Å². The van der Waals surface area contributed by atoms with Gasteiger partial charge in [0.15, 0.2) is 6.61 Å². The van der Waals surface area contributed by atoms with Crippen molar-refractivity contribution in [1.82, 2.24) is 4.31 Å². The van der Waals surface area contributed by atoms with Crippen molar-refractivity contribution in [2.75, 3.05) is 32.1 Å². The van der Waals surface area contributed by atoms with Crippen LogP contribution in [0.15, 0.2) is 47.4 Å². The van der Waals surface area contributed by atoms with Crippen LogP contribution in [0.3, 0.4) is 0 Å². The van der Waals surface area contributed by atoms with E-state index in [4.69, 9.17) is 9.47 Å². The lowest BCUT2D eigenvalue weighted by atomic mass is 10.3. The van der Waals surface area contributed by atoms with Crippen LogP contribution in [-0.4, -0.2) is 45.4 Å². The zero-order chi connectivity index (χ0) is 20.7. The van der Waals surface area contributed by atoms with E-state index in [0.717, 1.165) is 0 Å². The minimum atomic E-state index is -3.68.